The van der Waals surface area contributed by atoms with Crippen molar-refractivity contribution in [1.82, 2.24) is 10.6 Å². The second-order valence-electron chi connectivity index (χ2n) is 5.41. The van der Waals surface area contributed by atoms with Gasteiger partial charge in [0.1, 0.15) is 0 Å². The van der Waals surface area contributed by atoms with Crippen molar-refractivity contribution in [1.29, 1.82) is 0 Å². The third-order valence-electron chi connectivity index (χ3n) is 3.74. The number of aliphatic hydroxyl groups is 2. The van der Waals surface area contributed by atoms with Crippen LogP contribution >= 0.6 is 31.9 Å². The van der Waals surface area contributed by atoms with Crippen LogP contribution in [0.3, 0.4) is 0 Å². The quantitative estimate of drug-likeness (QED) is 0.467. The fraction of sp³-hybridized carbons (Fsp3) is 0.333. The summed E-state index contributed by atoms with van der Waals surface area (Å²) in [4.78, 5) is 0. The lowest BCUT2D eigenvalue weighted by atomic mass is 9.93. The highest BCUT2D eigenvalue weighted by atomic mass is 79.9. The van der Waals surface area contributed by atoms with Gasteiger partial charge in [0.15, 0.2) is 0 Å². The summed E-state index contributed by atoms with van der Waals surface area (Å²) in [6.45, 7) is 1.13. The van der Waals surface area contributed by atoms with Crippen molar-refractivity contribution in [2.75, 3.05) is 26.3 Å². The van der Waals surface area contributed by atoms with Crippen molar-refractivity contribution >= 4 is 31.9 Å². The Kier molecular flexibility index (Phi) is 8.38. The van der Waals surface area contributed by atoms with Crippen molar-refractivity contribution in [3.63, 3.8) is 0 Å². The first kappa shape index (κ1) is 19.6. The van der Waals surface area contributed by atoms with E-state index in [0.717, 1.165) is 20.1 Å². The molecule has 0 aliphatic rings. The van der Waals surface area contributed by atoms with Crippen molar-refractivity contribution in [3.05, 3.63) is 68.6 Å². The molecule has 2 aromatic rings. The van der Waals surface area contributed by atoms with E-state index < -0.39 is 0 Å². The van der Waals surface area contributed by atoms with E-state index in [2.05, 4.69) is 66.8 Å². The third-order valence-corrected chi connectivity index (χ3v) is 4.80. The molecule has 0 saturated heterocycles. The molecule has 0 aliphatic carbocycles. The molecule has 0 aromatic heterocycles. The van der Waals surface area contributed by atoms with Gasteiger partial charge in [0.2, 0.25) is 0 Å². The summed E-state index contributed by atoms with van der Waals surface area (Å²) in [6.07, 6.45) is 0. The Balaban J connectivity index is 2.35. The van der Waals surface area contributed by atoms with E-state index in [0.29, 0.717) is 13.1 Å². The summed E-state index contributed by atoms with van der Waals surface area (Å²) >= 11 is 6.93. The van der Waals surface area contributed by atoms with E-state index in [4.69, 9.17) is 0 Å². The highest BCUT2D eigenvalue weighted by molar-refractivity contribution is 9.10. The molecule has 0 spiro atoms. The Morgan fingerprint density at radius 3 is 1.29 bits per heavy atom. The molecule has 6 heteroatoms. The fourth-order valence-corrected chi connectivity index (χ4v) is 3.17. The lowest BCUT2D eigenvalue weighted by Crippen LogP contribution is -2.37. The summed E-state index contributed by atoms with van der Waals surface area (Å²) in [6, 6.07) is 16.2. The average Bonchev–Trinajstić information content (AvgIpc) is 2.60. The molecule has 0 fully saturated rings. The van der Waals surface area contributed by atoms with Gasteiger partial charge in [-0.25, -0.2) is 0 Å². The van der Waals surface area contributed by atoms with Crippen LogP contribution in [0, 0.1) is 0 Å². The lowest BCUT2D eigenvalue weighted by molar-refractivity contribution is 0.257. The Labute approximate surface area is 159 Å². The predicted octanol–water partition coefficient (Wildman–Crippen LogP) is 3.16. The van der Waals surface area contributed by atoms with Crippen molar-refractivity contribution in [2.45, 2.75) is 12.1 Å². The van der Waals surface area contributed by atoms with Gasteiger partial charge in [0.05, 0.1) is 25.3 Å². The Hall–Kier alpha value is -0.760. The molecular weight excluding hydrogens is 436 g/mol. The van der Waals surface area contributed by atoms with Crippen LogP contribution in [0.2, 0.25) is 0 Å². The van der Waals surface area contributed by atoms with Crippen LogP contribution in [0.15, 0.2) is 57.5 Å². The summed E-state index contributed by atoms with van der Waals surface area (Å²) in [5.74, 6) is 0. The zero-order valence-corrected chi connectivity index (χ0v) is 16.4. The van der Waals surface area contributed by atoms with E-state index in [9.17, 15) is 10.2 Å². The van der Waals surface area contributed by atoms with Crippen LogP contribution < -0.4 is 10.6 Å². The normalized spacial score (nSPS) is 13.7. The molecule has 4 N–H and O–H groups in total. The molecule has 2 rings (SSSR count). The fourth-order valence-electron chi connectivity index (χ4n) is 2.64. The van der Waals surface area contributed by atoms with Gasteiger partial charge in [0, 0.05) is 22.0 Å². The predicted molar refractivity (Wildman–Crippen MR) is 104 cm³/mol. The maximum absolute atomic E-state index is 9.23. The van der Waals surface area contributed by atoms with Gasteiger partial charge in [0.25, 0.3) is 0 Å². The van der Waals surface area contributed by atoms with Crippen LogP contribution in [0.25, 0.3) is 0 Å². The first-order valence-corrected chi connectivity index (χ1v) is 9.43. The number of nitrogens with one attached hydrogen (secondary N) is 2. The van der Waals surface area contributed by atoms with Crippen LogP contribution in [-0.4, -0.2) is 36.5 Å². The first-order chi connectivity index (χ1) is 11.7. The number of benzene rings is 2. The molecule has 0 saturated carbocycles. The van der Waals surface area contributed by atoms with Crippen LogP contribution in [0.5, 0.6) is 0 Å². The van der Waals surface area contributed by atoms with E-state index in [-0.39, 0.29) is 25.3 Å². The molecule has 0 radical (unpaired) electrons. The minimum Gasteiger partial charge on any atom is -0.395 e. The van der Waals surface area contributed by atoms with Crippen LogP contribution in [0.4, 0.5) is 0 Å². The molecule has 2 unspecified atom stereocenters. The number of hydrogen-bond donors (Lipinski definition) is 4. The molecule has 0 heterocycles. The number of halogens is 2. The Bertz CT molecular complexity index is 550. The molecule has 2 atom stereocenters. The zero-order chi connectivity index (χ0) is 17.4. The standard InChI is InChI=1S/C18H22Br2N2O2/c19-15-5-1-13(2-6-15)17(21-9-11-23)18(22-10-12-24)14-3-7-16(20)8-4-14/h1-8,17-18,21-24H,9-12H2. The second kappa shape index (κ2) is 10.3. The van der Waals surface area contributed by atoms with Gasteiger partial charge in [-0.1, -0.05) is 56.1 Å². The molecule has 130 valence electrons. The molecular formula is C18H22Br2N2O2. The Morgan fingerprint density at radius 1 is 0.667 bits per heavy atom. The number of aliphatic hydroxyl groups excluding tert-OH is 2. The number of hydrogen-bond acceptors (Lipinski definition) is 4. The summed E-state index contributed by atoms with van der Waals surface area (Å²) in [5, 5.41) is 25.3. The van der Waals surface area contributed by atoms with Gasteiger partial charge in [-0.3, -0.25) is 0 Å². The Morgan fingerprint density at radius 2 is 1.00 bits per heavy atom. The van der Waals surface area contributed by atoms with Gasteiger partial charge in [-0.05, 0) is 35.4 Å². The van der Waals surface area contributed by atoms with Crippen LogP contribution in [0.1, 0.15) is 23.2 Å². The third kappa shape index (κ3) is 5.65. The maximum atomic E-state index is 9.23. The van der Waals surface area contributed by atoms with Crippen molar-refractivity contribution < 1.29 is 10.2 Å². The smallest absolute Gasteiger partial charge is 0.0556 e. The van der Waals surface area contributed by atoms with E-state index in [1.807, 2.05) is 24.3 Å². The van der Waals surface area contributed by atoms with Gasteiger partial charge >= 0.3 is 0 Å². The van der Waals surface area contributed by atoms with Crippen molar-refractivity contribution in [2.24, 2.45) is 0 Å². The molecule has 2 aromatic carbocycles. The first-order valence-electron chi connectivity index (χ1n) is 7.85. The van der Waals surface area contributed by atoms with E-state index in [1.165, 1.54) is 0 Å². The molecule has 0 amide bonds. The minimum absolute atomic E-state index is 0.0297. The monoisotopic (exact) mass is 456 g/mol. The molecule has 0 bridgehead atoms. The lowest BCUT2D eigenvalue weighted by Gasteiger charge is -2.30. The van der Waals surface area contributed by atoms with Gasteiger partial charge in [-0.2, -0.15) is 0 Å². The summed E-state index contributed by atoms with van der Waals surface area (Å²) < 4.78 is 2.05. The molecule has 4 nitrogen and oxygen atoms in total. The largest absolute Gasteiger partial charge is 0.395 e. The number of rotatable bonds is 9. The maximum Gasteiger partial charge on any atom is 0.0556 e. The highest BCUT2D eigenvalue weighted by Crippen LogP contribution is 2.30. The summed E-state index contributed by atoms with van der Waals surface area (Å²) in [5.41, 5.74) is 2.23. The van der Waals surface area contributed by atoms with Crippen LogP contribution in [-0.2, 0) is 0 Å². The molecule has 24 heavy (non-hydrogen) atoms. The molecule has 0 aliphatic heterocycles. The SMILES string of the molecule is OCCNC(c1ccc(Br)cc1)C(NCCO)c1ccc(Br)cc1. The van der Waals surface area contributed by atoms with Crippen molar-refractivity contribution in [3.8, 4) is 0 Å². The van der Waals surface area contributed by atoms with Gasteiger partial charge in [-0.15, -0.1) is 0 Å². The second-order valence-corrected chi connectivity index (χ2v) is 7.25. The zero-order valence-electron chi connectivity index (χ0n) is 13.3. The average molecular weight is 458 g/mol. The van der Waals surface area contributed by atoms with E-state index in [1.54, 1.807) is 0 Å². The summed E-state index contributed by atoms with van der Waals surface area (Å²) in [7, 11) is 0. The van der Waals surface area contributed by atoms with E-state index >= 15 is 0 Å². The highest BCUT2D eigenvalue weighted by Gasteiger charge is 2.24. The topological polar surface area (TPSA) is 64.5 Å². The minimum atomic E-state index is -0.0297. The van der Waals surface area contributed by atoms with Gasteiger partial charge < -0.3 is 20.8 Å².